The van der Waals surface area contributed by atoms with Crippen molar-refractivity contribution < 1.29 is 32.0 Å². The van der Waals surface area contributed by atoms with Gasteiger partial charge in [0.15, 0.2) is 0 Å². The van der Waals surface area contributed by atoms with Gasteiger partial charge in [0, 0.05) is 44.7 Å². The van der Waals surface area contributed by atoms with Crippen molar-refractivity contribution in [2.24, 2.45) is 0 Å². The Hall–Kier alpha value is -3.86. The first kappa shape index (κ1) is 32.5. The number of morpholine rings is 1. The Morgan fingerprint density at radius 3 is 2.29 bits per heavy atom. The van der Waals surface area contributed by atoms with Gasteiger partial charge in [0.2, 0.25) is 5.91 Å². The van der Waals surface area contributed by atoms with Crippen LogP contribution in [-0.2, 0) is 28.7 Å². The first-order valence-electron chi connectivity index (χ1n) is 14.9. The van der Waals surface area contributed by atoms with Crippen LogP contribution in [0.2, 0.25) is 5.02 Å². The minimum atomic E-state index is -4.55. The molecule has 238 valence electrons. The summed E-state index contributed by atoms with van der Waals surface area (Å²) in [5.41, 5.74) is 1.75. The van der Waals surface area contributed by atoms with Crippen LogP contribution in [0.4, 0.5) is 13.2 Å². The molecule has 11 heteroatoms. The molecule has 1 aliphatic heterocycles. The molecule has 4 aromatic rings. The molecule has 0 bridgehead atoms. The molecule has 3 aromatic carbocycles. The van der Waals surface area contributed by atoms with Gasteiger partial charge in [0.1, 0.15) is 5.76 Å². The average molecular weight is 642 g/mol. The fourth-order valence-electron chi connectivity index (χ4n) is 5.41. The summed E-state index contributed by atoms with van der Waals surface area (Å²) in [6.45, 7) is 3.70. The van der Waals surface area contributed by atoms with Crippen molar-refractivity contribution in [3.63, 3.8) is 0 Å². The molecule has 5 rings (SSSR count). The van der Waals surface area contributed by atoms with Crippen molar-refractivity contribution in [3.8, 4) is 5.88 Å². The van der Waals surface area contributed by atoms with E-state index in [1.165, 1.54) is 6.07 Å². The Bertz CT molecular complexity index is 1470. The molecule has 0 spiro atoms. The summed E-state index contributed by atoms with van der Waals surface area (Å²) in [5, 5.41) is 3.65. The summed E-state index contributed by atoms with van der Waals surface area (Å²) in [4.78, 5) is 16.4. The smallest absolute Gasteiger partial charge is 0.417 e. The molecule has 0 atom stereocenters. The SMILES string of the molecule is O=C(Cc1cc(OCCCN(Cc2cccc(C(F)(F)F)c2Cl)CC(c2ccccc2)c2ccccc2)no1)N1CCOCC1. The van der Waals surface area contributed by atoms with E-state index in [9.17, 15) is 18.0 Å². The van der Waals surface area contributed by atoms with Crippen LogP contribution < -0.4 is 4.74 Å². The molecule has 0 N–H and O–H groups in total. The van der Waals surface area contributed by atoms with Crippen LogP contribution in [0.3, 0.4) is 0 Å². The van der Waals surface area contributed by atoms with Gasteiger partial charge in [-0.05, 0) is 34.3 Å². The number of aromatic nitrogens is 1. The number of rotatable bonds is 13. The predicted molar refractivity (Wildman–Crippen MR) is 164 cm³/mol. The van der Waals surface area contributed by atoms with Gasteiger partial charge in [0.25, 0.3) is 5.88 Å². The van der Waals surface area contributed by atoms with E-state index in [4.69, 9.17) is 25.6 Å². The second-order valence-corrected chi connectivity index (χ2v) is 11.3. The van der Waals surface area contributed by atoms with Crippen molar-refractivity contribution in [1.29, 1.82) is 0 Å². The van der Waals surface area contributed by atoms with Crippen LogP contribution in [0, 0.1) is 0 Å². The van der Waals surface area contributed by atoms with Crippen molar-refractivity contribution in [2.45, 2.75) is 31.5 Å². The molecule has 0 radical (unpaired) electrons. The van der Waals surface area contributed by atoms with Gasteiger partial charge < -0.3 is 18.9 Å². The average Bonchev–Trinajstić information content (AvgIpc) is 3.50. The van der Waals surface area contributed by atoms with E-state index >= 15 is 0 Å². The Balaban J connectivity index is 1.27. The van der Waals surface area contributed by atoms with Crippen LogP contribution in [0.5, 0.6) is 5.88 Å². The van der Waals surface area contributed by atoms with Gasteiger partial charge in [-0.25, -0.2) is 0 Å². The van der Waals surface area contributed by atoms with E-state index in [1.54, 1.807) is 17.0 Å². The molecule has 7 nitrogen and oxygen atoms in total. The normalized spacial score (nSPS) is 13.9. The lowest BCUT2D eigenvalue weighted by molar-refractivity contribution is -0.137. The number of carbonyl (C=O) groups is 1. The summed E-state index contributed by atoms with van der Waals surface area (Å²) >= 11 is 6.31. The number of alkyl halides is 3. The van der Waals surface area contributed by atoms with E-state index in [1.807, 2.05) is 36.4 Å². The number of benzene rings is 3. The van der Waals surface area contributed by atoms with Gasteiger partial charge in [-0.15, -0.1) is 0 Å². The second-order valence-electron chi connectivity index (χ2n) is 10.9. The van der Waals surface area contributed by atoms with Gasteiger partial charge in [-0.2, -0.15) is 13.2 Å². The summed E-state index contributed by atoms with van der Waals surface area (Å²) < 4.78 is 57.4. The zero-order chi connectivity index (χ0) is 31.6. The molecule has 1 amide bonds. The van der Waals surface area contributed by atoms with Crippen LogP contribution in [0.15, 0.2) is 89.5 Å². The summed E-state index contributed by atoms with van der Waals surface area (Å²) in [5.74, 6) is 0.603. The third-order valence-corrected chi connectivity index (χ3v) is 8.16. The van der Waals surface area contributed by atoms with Gasteiger partial charge >= 0.3 is 6.18 Å². The lowest BCUT2D eigenvalue weighted by atomic mass is 9.90. The first-order chi connectivity index (χ1) is 21.8. The molecular formula is C34H35ClF3N3O4. The first-order valence-corrected chi connectivity index (χ1v) is 15.3. The largest absolute Gasteiger partial charge is 0.475 e. The number of amides is 1. The standard InChI is InChI=1S/C34H35ClF3N3O4/c35-33-27(13-7-14-30(33)34(36,37)38)23-40(24-29(25-9-3-1-4-10-25)26-11-5-2-6-12-26)15-8-18-44-31-21-28(45-39-31)22-32(42)41-16-19-43-20-17-41/h1-7,9-14,21,29H,8,15-20,22-24H2. The highest BCUT2D eigenvalue weighted by atomic mass is 35.5. The number of hydrogen-bond acceptors (Lipinski definition) is 6. The lowest BCUT2D eigenvalue weighted by Crippen LogP contribution is -2.41. The van der Waals surface area contributed by atoms with Gasteiger partial charge in [-0.3, -0.25) is 9.69 Å². The molecule has 1 aromatic heterocycles. The maximum absolute atomic E-state index is 13.6. The molecule has 0 unspecified atom stereocenters. The molecule has 2 heterocycles. The van der Waals surface area contributed by atoms with E-state index < -0.39 is 11.7 Å². The highest BCUT2D eigenvalue weighted by Crippen LogP contribution is 2.37. The molecule has 1 aliphatic rings. The third kappa shape index (κ3) is 9.09. The number of carbonyl (C=O) groups excluding carboxylic acids is 1. The maximum Gasteiger partial charge on any atom is 0.417 e. The molecular weight excluding hydrogens is 607 g/mol. The minimum Gasteiger partial charge on any atom is -0.475 e. The number of halogens is 4. The Morgan fingerprint density at radius 2 is 1.64 bits per heavy atom. The second kappa shape index (κ2) is 15.4. The summed E-state index contributed by atoms with van der Waals surface area (Å²) in [6, 6.07) is 25.7. The van der Waals surface area contributed by atoms with Crippen LogP contribution >= 0.6 is 11.6 Å². The maximum atomic E-state index is 13.6. The van der Waals surface area contributed by atoms with Crippen molar-refractivity contribution in [2.75, 3.05) is 46.0 Å². The molecule has 0 saturated carbocycles. The van der Waals surface area contributed by atoms with E-state index in [0.717, 1.165) is 17.2 Å². The monoisotopic (exact) mass is 641 g/mol. The molecule has 0 aliphatic carbocycles. The summed E-state index contributed by atoms with van der Waals surface area (Å²) in [6.07, 6.45) is -3.91. The predicted octanol–water partition coefficient (Wildman–Crippen LogP) is 6.85. The number of ether oxygens (including phenoxy) is 2. The number of hydrogen-bond donors (Lipinski definition) is 0. The third-order valence-electron chi connectivity index (χ3n) is 7.72. The Morgan fingerprint density at radius 1 is 0.978 bits per heavy atom. The number of nitrogens with zero attached hydrogens (tertiary/aromatic N) is 3. The fraction of sp³-hybridized carbons (Fsp3) is 0.353. The van der Waals surface area contributed by atoms with Crippen molar-refractivity contribution >= 4 is 17.5 Å². The van der Waals surface area contributed by atoms with Crippen LogP contribution in [0.1, 0.15) is 40.4 Å². The highest BCUT2D eigenvalue weighted by Gasteiger charge is 2.34. The minimum absolute atomic E-state index is 0.0278. The topological polar surface area (TPSA) is 68.0 Å². The Labute approximate surface area is 265 Å². The zero-order valence-electron chi connectivity index (χ0n) is 24.7. The highest BCUT2D eigenvalue weighted by molar-refractivity contribution is 6.32. The van der Waals surface area contributed by atoms with Crippen LogP contribution in [-0.4, -0.2) is 66.9 Å². The van der Waals surface area contributed by atoms with Gasteiger partial charge in [0.05, 0.1) is 36.8 Å². The van der Waals surface area contributed by atoms with E-state index in [0.29, 0.717) is 57.1 Å². The lowest BCUT2D eigenvalue weighted by Gasteiger charge is -2.29. The van der Waals surface area contributed by atoms with Crippen LogP contribution in [0.25, 0.3) is 0 Å². The fourth-order valence-corrected chi connectivity index (χ4v) is 5.71. The molecule has 1 fully saturated rings. The van der Waals surface area contributed by atoms with Gasteiger partial charge in [-0.1, -0.05) is 84.4 Å². The van der Waals surface area contributed by atoms with Crippen molar-refractivity contribution in [3.05, 3.63) is 118 Å². The quantitative estimate of drug-likeness (QED) is 0.149. The van der Waals surface area contributed by atoms with E-state index in [2.05, 4.69) is 34.3 Å². The Kier molecular flexibility index (Phi) is 11.2. The van der Waals surface area contributed by atoms with E-state index in [-0.39, 0.29) is 42.3 Å². The van der Waals surface area contributed by atoms with Crippen molar-refractivity contribution in [1.82, 2.24) is 15.0 Å². The summed E-state index contributed by atoms with van der Waals surface area (Å²) in [7, 11) is 0. The molecule has 45 heavy (non-hydrogen) atoms. The molecule has 1 saturated heterocycles. The zero-order valence-corrected chi connectivity index (χ0v) is 25.5.